The smallest absolute Gasteiger partial charge is 0.426 e. The summed E-state index contributed by atoms with van der Waals surface area (Å²) in [6.07, 6.45) is -16.9. The van der Waals surface area contributed by atoms with Crippen LogP contribution in [0.25, 0.3) is 0 Å². The van der Waals surface area contributed by atoms with Crippen LogP contribution in [0.2, 0.25) is 0 Å². The minimum atomic E-state index is -5.77. The van der Waals surface area contributed by atoms with Crippen molar-refractivity contribution in [3.05, 3.63) is 29.3 Å². The van der Waals surface area contributed by atoms with Crippen molar-refractivity contribution in [2.45, 2.75) is 50.7 Å². The third-order valence-corrected chi connectivity index (χ3v) is 7.11. The maximum Gasteiger partial charge on any atom is 0.434 e. The lowest BCUT2D eigenvalue weighted by atomic mass is 10.0. The lowest BCUT2D eigenvalue weighted by Gasteiger charge is -2.30. The van der Waals surface area contributed by atoms with Crippen LogP contribution in [-0.4, -0.2) is 73.6 Å². The zero-order chi connectivity index (χ0) is 26.3. The second kappa shape index (κ2) is 10.2. The van der Waals surface area contributed by atoms with Gasteiger partial charge in [-0.2, -0.15) is 26.3 Å². The Morgan fingerprint density at radius 1 is 0.917 bits per heavy atom. The van der Waals surface area contributed by atoms with E-state index in [1.165, 1.54) is 6.07 Å². The van der Waals surface area contributed by atoms with Crippen molar-refractivity contribution in [3.63, 3.8) is 0 Å². The maximum absolute atomic E-state index is 13.8. The number of carbonyl (C=O) groups excluding carboxylic acids is 1. The fourth-order valence-corrected chi connectivity index (χ4v) is 5.38. The van der Waals surface area contributed by atoms with E-state index in [2.05, 4.69) is 9.64 Å². The molecule has 0 aromatic heterocycles. The first-order valence-electron chi connectivity index (χ1n) is 11.8. The van der Waals surface area contributed by atoms with E-state index < -0.39 is 31.0 Å². The van der Waals surface area contributed by atoms with Gasteiger partial charge >= 0.3 is 18.4 Å². The van der Waals surface area contributed by atoms with Gasteiger partial charge in [-0.25, -0.2) is 13.6 Å². The molecule has 2 unspecified atom stereocenters. The Morgan fingerprint density at radius 3 is 2.03 bits per heavy atom. The minimum Gasteiger partial charge on any atom is -0.426 e. The SMILES string of the molecule is O=C(OC(C(F)(F)F)C(F)(F)F)N1CC2CN(Cc3ccc(N4CCCCC4)cc3C(F)F)CC2C1. The van der Waals surface area contributed by atoms with Gasteiger partial charge in [0.1, 0.15) is 0 Å². The van der Waals surface area contributed by atoms with Gasteiger partial charge in [0.25, 0.3) is 12.5 Å². The number of hydrogen-bond acceptors (Lipinski definition) is 4. The molecule has 1 amide bonds. The summed E-state index contributed by atoms with van der Waals surface area (Å²) in [7, 11) is 0. The second-order valence-electron chi connectivity index (χ2n) is 9.70. The van der Waals surface area contributed by atoms with Crippen LogP contribution in [0.4, 0.5) is 45.6 Å². The van der Waals surface area contributed by atoms with Gasteiger partial charge < -0.3 is 14.5 Å². The first-order chi connectivity index (χ1) is 16.8. The highest BCUT2D eigenvalue weighted by Crippen LogP contribution is 2.38. The number of benzene rings is 1. The summed E-state index contributed by atoms with van der Waals surface area (Å²) in [6.45, 7) is 2.53. The molecule has 3 heterocycles. The van der Waals surface area contributed by atoms with Crippen molar-refractivity contribution in [2.24, 2.45) is 11.8 Å². The topological polar surface area (TPSA) is 36.0 Å². The second-order valence-corrected chi connectivity index (χ2v) is 9.70. The first kappa shape index (κ1) is 26.7. The highest BCUT2D eigenvalue weighted by molar-refractivity contribution is 5.68. The summed E-state index contributed by atoms with van der Waals surface area (Å²) in [6, 6.07) is 5.05. The molecule has 1 aromatic rings. The third kappa shape index (κ3) is 5.97. The summed E-state index contributed by atoms with van der Waals surface area (Å²) in [5, 5.41) is 0. The molecule has 2 atom stereocenters. The number of rotatable bonds is 5. The molecule has 0 saturated carbocycles. The number of carbonyl (C=O) groups is 1. The number of amides is 1. The zero-order valence-corrected chi connectivity index (χ0v) is 19.3. The fourth-order valence-electron chi connectivity index (χ4n) is 5.38. The van der Waals surface area contributed by atoms with Gasteiger partial charge in [-0.1, -0.05) is 6.07 Å². The van der Waals surface area contributed by atoms with Gasteiger partial charge in [0.15, 0.2) is 0 Å². The number of alkyl halides is 8. The molecular weight excluding hydrogens is 502 g/mol. The Kier molecular flexibility index (Phi) is 7.59. The van der Waals surface area contributed by atoms with Crippen molar-refractivity contribution in [1.82, 2.24) is 9.80 Å². The molecular formula is C23H27F8N3O2. The van der Waals surface area contributed by atoms with Crippen LogP contribution in [0.15, 0.2) is 18.2 Å². The highest BCUT2D eigenvalue weighted by atomic mass is 19.4. The van der Waals surface area contributed by atoms with Crippen LogP contribution in [0.5, 0.6) is 0 Å². The van der Waals surface area contributed by atoms with E-state index in [9.17, 15) is 39.9 Å². The largest absolute Gasteiger partial charge is 0.434 e. The molecule has 3 saturated heterocycles. The number of piperidine rings is 1. The van der Waals surface area contributed by atoms with Crippen LogP contribution in [-0.2, 0) is 11.3 Å². The lowest BCUT2D eigenvalue weighted by Crippen LogP contribution is -2.48. The summed E-state index contributed by atoms with van der Waals surface area (Å²) < 4.78 is 108. The predicted molar refractivity (Wildman–Crippen MR) is 114 cm³/mol. The summed E-state index contributed by atoms with van der Waals surface area (Å²) in [4.78, 5) is 16.9. The van der Waals surface area contributed by atoms with Gasteiger partial charge in [0.2, 0.25) is 0 Å². The van der Waals surface area contributed by atoms with Crippen molar-refractivity contribution in [2.75, 3.05) is 44.2 Å². The van der Waals surface area contributed by atoms with Crippen molar-refractivity contribution in [3.8, 4) is 0 Å². The van der Waals surface area contributed by atoms with Crippen LogP contribution in [0.3, 0.4) is 0 Å². The fraction of sp³-hybridized carbons (Fsp3) is 0.696. The van der Waals surface area contributed by atoms with Crippen molar-refractivity contribution >= 4 is 11.8 Å². The molecule has 202 valence electrons. The van der Waals surface area contributed by atoms with Crippen LogP contribution in [0.1, 0.15) is 36.8 Å². The van der Waals surface area contributed by atoms with E-state index in [1.54, 1.807) is 6.07 Å². The normalized spacial score (nSPS) is 23.6. The van der Waals surface area contributed by atoms with E-state index in [0.717, 1.165) is 42.9 Å². The molecule has 5 nitrogen and oxygen atoms in total. The Labute approximate surface area is 202 Å². The number of nitrogens with zero attached hydrogens (tertiary/aromatic N) is 3. The van der Waals surface area contributed by atoms with Gasteiger partial charge in [0.05, 0.1) is 0 Å². The number of ether oxygens (including phenoxy) is 1. The van der Waals surface area contributed by atoms with E-state index in [1.807, 2.05) is 11.0 Å². The molecule has 0 N–H and O–H groups in total. The Hall–Kier alpha value is -2.31. The molecule has 13 heteroatoms. The van der Waals surface area contributed by atoms with E-state index in [0.29, 0.717) is 18.7 Å². The van der Waals surface area contributed by atoms with Gasteiger partial charge in [-0.05, 0) is 48.8 Å². The Morgan fingerprint density at radius 2 is 1.50 bits per heavy atom. The summed E-state index contributed by atoms with van der Waals surface area (Å²) in [5.74, 6) is -0.397. The van der Waals surface area contributed by atoms with Crippen LogP contribution in [0, 0.1) is 11.8 Å². The molecule has 0 aliphatic carbocycles. The number of likely N-dealkylation sites (tertiary alicyclic amines) is 2. The van der Waals surface area contributed by atoms with Crippen LogP contribution < -0.4 is 4.90 Å². The van der Waals surface area contributed by atoms with E-state index in [-0.39, 0.29) is 37.0 Å². The number of halogens is 8. The van der Waals surface area contributed by atoms with E-state index in [4.69, 9.17) is 0 Å². The standard InChI is InChI=1S/C23H27F8N3O2/c24-19(25)18-8-17(33-6-2-1-3-7-33)5-4-14(18)9-32-10-15-12-34(13-16(15)11-32)21(35)36-20(22(26,27)28)23(29,30)31/h4-5,8,15-16,19-20H,1-3,6-7,9-13H2. The number of anilines is 1. The molecule has 0 radical (unpaired) electrons. The average molecular weight is 529 g/mol. The Bertz CT molecular complexity index is 905. The molecule has 4 rings (SSSR count). The van der Waals surface area contributed by atoms with Crippen LogP contribution >= 0.6 is 0 Å². The molecule has 36 heavy (non-hydrogen) atoms. The van der Waals surface area contributed by atoms with Gasteiger partial charge in [-0.3, -0.25) is 4.90 Å². The molecule has 3 aliphatic rings. The van der Waals surface area contributed by atoms with Crippen molar-refractivity contribution < 1.29 is 44.7 Å². The first-order valence-corrected chi connectivity index (χ1v) is 11.8. The summed E-state index contributed by atoms with van der Waals surface area (Å²) >= 11 is 0. The summed E-state index contributed by atoms with van der Waals surface area (Å²) in [5.41, 5.74) is 1.18. The zero-order valence-electron chi connectivity index (χ0n) is 19.3. The molecule has 0 bridgehead atoms. The quantitative estimate of drug-likeness (QED) is 0.465. The van der Waals surface area contributed by atoms with Gasteiger partial charge in [-0.15, -0.1) is 0 Å². The Balaban J connectivity index is 1.35. The maximum atomic E-state index is 13.8. The van der Waals surface area contributed by atoms with Gasteiger partial charge in [0, 0.05) is 57.1 Å². The highest BCUT2D eigenvalue weighted by Gasteiger charge is 2.60. The number of hydrogen-bond donors (Lipinski definition) is 0. The van der Waals surface area contributed by atoms with E-state index >= 15 is 0 Å². The number of fused-ring (bicyclic) bond motifs is 1. The molecule has 3 fully saturated rings. The predicted octanol–water partition coefficient (Wildman–Crippen LogP) is 5.61. The monoisotopic (exact) mass is 529 g/mol. The minimum absolute atomic E-state index is 0.0503. The van der Waals surface area contributed by atoms with Crippen molar-refractivity contribution in [1.29, 1.82) is 0 Å². The molecule has 3 aliphatic heterocycles. The average Bonchev–Trinajstić information content (AvgIpc) is 3.35. The molecule has 0 spiro atoms. The third-order valence-electron chi connectivity index (χ3n) is 7.11. The molecule has 1 aromatic carbocycles. The lowest BCUT2D eigenvalue weighted by molar-refractivity contribution is -0.308.